The second-order valence-corrected chi connectivity index (χ2v) is 10.3. The Bertz CT molecular complexity index is 1230. The molecule has 43 heavy (non-hydrogen) atoms. The number of hydrogen-bond acceptors (Lipinski definition) is 17. The highest BCUT2D eigenvalue weighted by Crippen LogP contribution is 2.48. The van der Waals surface area contributed by atoms with Gasteiger partial charge >= 0.3 is 32.0 Å². The SMILES string of the molecule is C=CC(=O)O.CC(C)OC(=O)OCOP(=O)(CO[C@H](C)Cn1cnc2c(N)ncnc21)OCOC(=O)OC(C)C.O=C=O. The summed E-state index contributed by atoms with van der Waals surface area (Å²) >= 11 is 0. The molecule has 0 aliphatic carbocycles. The maximum Gasteiger partial charge on any atom is 0.510 e. The number of nitrogens with two attached hydrogens (primary N) is 1. The van der Waals surface area contributed by atoms with Crippen LogP contribution in [0.3, 0.4) is 0 Å². The van der Waals surface area contributed by atoms with E-state index in [1.54, 1.807) is 39.2 Å². The number of anilines is 1. The standard InChI is InChI=1S/C19H30N5O10P.C3H4O2.CO2/c1-12(2)33-18(25)28-9-31-35(27,32-10-29-19(26)34-13(3)4)11-30-14(5)6-24-8-23-15-16(20)21-7-22-17(15)24;1-2-3(4)5;2-1-3/h7-8,12-14H,6,9-11H2,1-5H3,(H2,20,21,22);2H,1H2,(H,4,5);/t14-;;/m1../s1. The van der Waals surface area contributed by atoms with Crippen molar-refractivity contribution in [2.24, 2.45) is 0 Å². The van der Waals surface area contributed by atoms with Crippen LogP contribution >= 0.6 is 7.60 Å². The van der Waals surface area contributed by atoms with Crippen LogP contribution in [-0.4, -0.2) is 87.3 Å². The Kier molecular flexibility index (Phi) is 18.4. The first-order chi connectivity index (χ1) is 20.2. The summed E-state index contributed by atoms with van der Waals surface area (Å²) in [6, 6.07) is 0. The van der Waals surface area contributed by atoms with Crippen LogP contribution in [0.2, 0.25) is 0 Å². The van der Waals surface area contributed by atoms with Crippen LogP contribution in [-0.2, 0) is 58.2 Å². The zero-order valence-corrected chi connectivity index (χ0v) is 25.0. The summed E-state index contributed by atoms with van der Waals surface area (Å²) in [5.41, 5.74) is 6.72. The number of ether oxygens (including phenoxy) is 5. The van der Waals surface area contributed by atoms with Gasteiger partial charge in [0.1, 0.15) is 18.2 Å². The maximum atomic E-state index is 13.1. The molecule has 0 amide bonds. The van der Waals surface area contributed by atoms with Crippen molar-refractivity contribution in [3.05, 3.63) is 25.3 Å². The van der Waals surface area contributed by atoms with Crippen molar-refractivity contribution in [3.63, 3.8) is 0 Å². The summed E-state index contributed by atoms with van der Waals surface area (Å²) in [6.45, 7) is 9.94. The number of rotatable bonds is 14. The molecule has 20 heteroatoms. The van der Waals surface area contributed by atoms with Crippen molar-refractivity contribution in [1.82, 2.24) is 19.5 Å². The molecule has 0 aliphatic rings. The topological polar surface area (TPSA) is 257 Å². The number of carbonyl (C=O) groups is 3. The highest BCUT2D eigenvalue weighted by molar-refractivity contribution is 7.53. The van der Waals surface area contributed by atoms with Gasteiger partial charge in [0, 0.05) is 6.08 Å². The summed E-state index contributed by atoms with van der Waals surface area (Å²) in [5, 5.41) is 7.60. The first-order valence-electron chi connectivity index (χ1n) is 12.1. The first kappa shape index (κ1) is 38.6. The molecule has 0 bridgehead atoms. The van der Waals surface area contributed by atoms with E-state index in [1.165, 1.54) is 12.7 Å². The van der Waals surface area contributed by atoms with Gasteiger partial charge in [0.05, 0.1) is 31.2 Å². The van der Waals surface area contributed by atoms with Crippen LogP contribution in [0.1, 0.15) is 34.6 Å². The number of carboxylic acid groups (broad SMARTS) is 1. The summed E-state index contributed by atoms with van der Waals surface area (Å²) in [7, 11) is -4.06. The Morgan fingerprint density at radius 3 is 1.95 bits per heavy atom. The smallest absolute Gasteiger partial charge is 0.478 e. The number of imidazole rings is 1. The van der Waals surface area contributed by atoms with Gasteiger partial charge in [-0.15, -0.1) is 0 Å². The van der Waals surface area contributed by atoms with Gasteiger partial charge < -0.3 is 39.1 Å². The predicted molar refractivity (Wildman–Crippen MR) is 143 cm³/mol. The zero-order chi connectivity index (χ0) is 33.0. The van der Waals surface area contributed by atoms with Crippen LogP contribution in [0.5, 0.6) is 0 Å². The average molecular weight is 636 g/mol. The number of carbonyl (C=O) groups excluding carboxylic acids is 4. The molecule has 2 heterocycles. The molecule has 0 aliphatic heterocycles. The Morgan fingerprint density at radius 1 is 1.02 bits per heavy atom. The third kappa shape index (κ3) is 17.2. The van der Waals surface area contributed by atoms with E-state index in [9.17, 15) is 18.9 Å². The Hall–Kier alpha value is -4.41. The second-order valence-electron chi connectivity index (χ2n) is 8.29. The fourth-order valence-electron chi connectivity index (χ4n) is 2.45. The van der Waals surface area contributed by atoms with E-state index < -0.39 is 64.1 Å². The van der Waals surface area contributed by atoms with Crippen molar-refractivity contribution in [2.45, 2.75) is 59.5 Å². The molecule has 2 aromatic heterocycles. The van der Waals surface area contributed by atoms with E-state index in [1.807, 2.05) is 0 Å². The number of nitrogens with zero attached hydrogens (tertiary/aromatic N) is 4. The lowest BCUT2D eigenvalue weighted by molar-refractivity contribution is -0.191. The number of aliphatic carboxylic acids is 1. The fraction of sp³-hybridized carbons (Fsp3) is 0.522. The zero-order valence-electron chi connectivity index (χ0n) is 24.1. The van der Waals surface area contributed by atoms with Crippen molar-refractivity contribution >= 4 is 49.0 Å². The average Bonchev–Trinajstić information content (AvgIpc) is 3.31. The van der Waals surface area contributed by atoms with E-state index in [0.717, 1.165) is 6.08 Å². The molecule has 0 unspecified atom stereocenters. The van der Waals surface area contributed by atoms with Gasteiger partial charge in [0.25, 0.3) is 0 Å². The third-order valence-electron chi connectivity index (χ3n) is 4.09. The van der Waals surface area contributed by atoms with Gasteiger partial charge in [-0.05, 0) is 34.6 Å². The van der Waals surface area contributed by atoms with Crippen molar-refractivity contribution < 1.29 is 66.4 Å². The summed E-state index contributed by atoms with van der Waals surface area (Å²) in [4.78, 5) is 60.7. The van der Waals surface area contributed by atoms with Crippen LogP contribution < -0.4 is 5.73 Å². The minimum Gasteiger partial charge on any atom is -0.478 e. The summed E-state index contributed by atoms with van der Waals surface area (Å²) < 4.78 is 49.7. The fourth-order valence-corrected chi connectivity index (χ4v) is 3.54. The molecule has 0 spiro atoms. The van der Waals surface area contributed by atoms with Gasteiger partial charge in [-0.3, -0.25) is 13.6 Å². The quantitative estimate of drug-likeness (QED) is 0.131. The lowest BCUT2D eigenvalue weighted by Gasteiger charge is -2.21. The van der Waals surface area contributed by atoms with Gasteiger partial charge in [-0.25, -0.2) is 29.3 Å². The molecule has 19 nitrogen and oxygen atoms in total. The largest absolute Gasteiger partial charge is 0.510 e. The Balaban J connectivity index is 0.00000196. The van der Waals surface area contributed by atoms with E-state index >= 15 is 0 Å². The van der Waals surface area contributed by atoms with E-state index in [-0.39, 0.29) is 18.5 Å². The van der Waals surface area contributed by atoms with Crippen LogP contribution in [0.25, 0.3) is 11.2 Å². The number of carboxylic acids is 1. The molecule has 0 saturated heterocycles. The summed E-state index contributed by atoms with van der Waals surface area (Å²) in [6.07, 6.45) is -0.0520. The Labute approximate surface area is 245 Å². The number of nitrogen functional groups attached to an aromatic ring is 1. The highest BCUT2D eigenvalue weighted by Gasteiger charge is 2.29. The molecular weight excluding hydrogens is 601 g/mol. The van der Waals surface area contributed by atoms with Crippen LogP contribution in [0.15, 0.2) is 25.3 Å². The van der Waals surface area contributed by atoms with E-state index in [4.69, 9.17) is 53.2 Å². The molecule has 0 fully saturated rings. The minimum absolute atomic E-state index is 0.237. The van der Waals surface area contributed by atoms with E-state index in [0.29, 0.717) is 11.2 Å². The van der Waals surface area contributed by atoms with Gasteiger partial charge in [0.15, 0.2) is 11.5 Å². The number of fused-ring (bicyclic) bond motifs is 1. The molecule has 0 saturated carbocycles. The highest BCUT2D eigenvalue weighted by atomic mass is 31.2. The van der Waals surface area contributed by atoms with Gasteiger partial charge in [-0.1, -0.05) is 6.58 Å². The molecule has 2 rings (SSSR count). The van der Waals surface area contributed by atoms with Crippen molar-refractivity contribution in [2.75, 3.05) is 25.7 Å². The van der Waals surface area contributed by atoms with Crippen molar-refractivity contribution in [1.29, 1.82) is 0 Å². The lowest BCUT2D eigenvalue weighted by Crippen LogP contribution is -2.20. The number of aromatic nitrogens is 4. The third-order valence-corrected chi connectivity index (χ3v) is 5.55. The van der Waals surface area contributed by atoms with Gasteiger partial charge in [-0.2, -0.15) is 9.59 Å². The molecule has 3 N–H and O–H groups in total. The summed E-state index contributed by atoms with van der Waals surface area (Å²) in [5.74, 6) is -0.745. The predicted octanol–water partition coefficient (Wildman–Crippen LogP) is 2.71. The minimum atomic E-state index is -4.06. The monoisotopic (exact) mass is 635 g/mol. The van der Waals surface area contributed by atoms with Gasteiger partial charge in [0.2, 0.25) is 13.6 Å². The number of hydrogen-bond donors (Lipinski definition) is 2. The van der Waals surface area contributed by atoms with Crippen molar-refractivity contribution in [3.8, 4) is 0 Å². The molecule has 0 radical (unpaired) electrons. The normalized spacial score (nSPS) is 11.2. The second kappa shape index (κ2) is 20.5. The molecule has 2 aromatic rings. The lowest BCUT2D eigenvalue weighted by atomic mass is 10.4. The maximum absolute atomic E-state index is 13.1. The molecule has 0 aromatic carbocycles. The van der Waals surface area contributed by atoms with E-state index in [2.05, 4.69) is 21.5 Å². The molecule has 1 atom stereocenters. The molecular formula is C23H34N5O14P. The van der Waals surface area contributed by atoms with Crippen LogP contribution in [0, 0.1) is 0 Å². The molecule has 240 valence electrons. The first-order valence-corrected chi connectivity index (χ1v) is 13.8. The van der Waals surface area contributed by atoms with Crippen LogP contribution in [0.4, 0.5) is 15.4 Å². The Morgan fingerprint density at radius 2 is 1.51 bits per heavy atom.